The number of benzene rings is 1. The lowest BCUT2D eigenvalue weighted by Crippen LogP contribution is -2.43. The number of ether oxygens (including phenoxy) is 1. The van der Waals surface area contributed by atoms with Gasteiger partial charge in [0.25, 0.3) is 0 Å². The maximum absolute atomic E-state index is 12.6. The molecule has 0 aliphatic heterocycles. The van der Waals surface area contributed by atoms with Crippen molar-refractivity contribution in [2.24, 2.45) is 0 Å². The quantitative estimate of drug-likeness (QED) is 0.835. The fraction of sp³-hybridized carbons (Fsp3) is 0.389. The van der Waals surface area contributed by atoms with E-state index in [4.69, 9.17) is 0 Å². The predicted octanol–water partition coefficient (Wildman–Crippen LogP) is 3.55. The van der Waals surface area contributed by atoms with Gasteiger partial charge in [-0.15, -0.1) is 13.2 Å². The number of alkyl halides is 3. The second-order valence-corrected chi connectivity index (χ2v) is 6.11. The summed E-state index contributed by atoms with van der Waals surface area (Å²) in [6.07, 6.45) is -1.36. The first-order chi connectivity index (χ1) is 12.0. The van der Waals surface area contributed by atoms with Crippen molar-refractivity contribution in [3.8, 4) is 5.75 Å². The summed E-state index contributed by atoms with van der Waals surface area (Å²) in [6, 6.07) is 11.1. The Labute approximate surface area is 143 Å². The van der Waals surface area contributed by atoms with Crippen molar-refractivity contribution in [2.75, 3.05) is 6.61 Å². The fourth-order valence-electron chi connectivity index (χ4n) is 3.12. The van der Waals surface area contributed by atoms with Gasteiger partial charge in [0, 0.05) is 29.4 Å². The Morgan fingerprint density at radius 1 is 1.16 bits per heavy atom. The van der Waals surface area contributed by atoms with Gasteiger partial charge in [-0.2, -0.15) is 0 Å². The third-order valence-electron chi connectivity index (χ3n) is 4.38. The minimum Gasteiger partial charge on any atom is -0.405 e. The van der Waals surface area contributed by atoms with Crippen LogP contribution in [0.5, 0.6) is 5.75 Å². The van der Waals surface area contributed by atoms with Gasteiger partial charge in [0.1, 0.15) is 5.75 Å². The van der Waals surface area contributed by atoms with E-state index in [9.17, 15) is 18.3 Å². The Morgan fingerprint density at radius 2 is 1.88 bits per heavy atom. The van der Waals surface area contributed by atoms with Crippen LogP contribution in [0.25, 0.3) is 0 Å². The number of halogens is 3. The summed E-state index contributed by atoms with van der Waals surface area (Å²) in [5, 5.41) is 12.9. The van der Waals surface area contributed by atoms with Gasteiger partial charge in [-0.3, -0.25) is 4.98 Å². The zero-order chi connectivity index (χ0) is 17.9. The molecule has 1 unspecified atom stereocenters. The smallest absolute Gasteiger partial charge is 0.405 e. The summed E-state index contributed by atoms with van der Waals surface area (Å²) in [4.78, 5) is 4.32. The van der Waals surface area contributed by atoms with Gasteiger partial charge in [-0.05, 0) is 31.0 Å². The van der Waals surface area contributed by atoms with Gasteiger partial charge in [0.2, 0.25) is 0 Å². The molecule has 2 N–H and O–H groups in total. The minimum absolute atomic E-state index is 0.114. The molecule has 1 saturated carbocycles. The van der Waals surface area contributed by atoms with Crippen LogP contribution in [0.3, 0.4) is 0 Å². The van der Waals surface area contributed by atoms with Crippen molar-refractivity contribution >= 4 is 0 Å². The van der Waals surface area contributed by atoms with Gasteiger partial charge in [-0.1, -0.05) is 24.3 Å². The average Bonchev–Trinajstić information content (AvgIpc) is 2.54. The molecule has 1 aromatic carbocycles. The van der Waals surface area contributed by atoms with E-state index < -0.39 is 12.4 Å². The zero-order valence-electron chi connectivity index (χ0n) is 13.4. The lowest BCUT2D eigenvalue weighted by atomic mass is 9.77. The molecule has 1 aromatic heterocycles. The Hall–Kier alpha value is -2.12. The number of rotatable bonds is 6. The molecule has 1 atom stereocenters. The van der Waals surface area contributed by atoms with E-state index in [-0.39, 0.29) is 18.4 Å². The lowest BCUT2D eigenvalue weighted by molar-refractivity contribution is -0.275. The Bertz CT molecular complexity index is 688. The molecule has 3 rings (SSSR count). The molecule has 4 nitrogen and oxygen atoms in total. The fourth-order valence-corrected chi connectivity index (χ4v) is 3.12. The molecule has 1 aliphatic carbocycles. The van der Waals surface area contributed by atoms with Crippen molar-refractivity contribution < 1.29 is 23.0 Å². The van der Waals surface area contributed by atoms with E-state index in [1.54, 1.807) is 12.3 Å². The number of aromatic nitrogens is 1. The van der Waals surface area contributed by atoms with Crippen LogP contribution >= 0.6 is 0 Å². The van der Waals surface area contributed by atoms with E-state index in [1.807, 2.05) is 18.2 Å². The van der Waals surface area contributed by atoms with Crippen LogP contribution in [0.4, 0.5) is 13.2 Å². The molecule has 1 fully saturated rings. The summed E-state index contributed by atoms with van der Waals surface area (Å²) in [5.74, 6) is 0.0434. The molecule has 134 valence electrons. The molecule has 1 aliphatic rings. The van der Waals surface area contributed by atoms with Crippen LogP contribution in [-0.4, -0.2) is 29.1 Å². The number of hydrogen-bond donors (Lipinski definition) is 2. The number of nitrogens with zero attached hydrogens (tertiary/aromatic N) is 1. The molecule has 25 heavy (non-hydrogen) atoms. The number of aliphatic hydroxyl groups is 1. The monoisotopic (exact) mass is 352 g/mol. The van der Waals surface area contributed by atoms with Crippen LogP contribution < -0.4 is 10.1 Å². The molecular formula is C18H19F3N2O2. The highest BCUT2D eigenvalue weighted by atomic mass is 19.4. The Kier molecular flexibility index (Phi) is 5.24. The number of para-hydroxylation sites is 1. The molecule has 0 saturated heterocycles. The van der Waals surface area contributed by atoms with Crippen LogP contribution in [0, 0.1) is 0 Å². The summed E-state index contributed by atoms with van der Waals surface area (Å²) in [7, 11) is 0. The third-order valence-corrected chi connectivity index (χ3v) is 4.38. The maximum Gasteiger partial charge on any atom is 0.573 e. The van der Waals surface area contributed by atoms with Crippen LogP contribution in [0.1, 0.15) is 36.1 Å². The van der Waals surface area contributed by atoms with Crippen molar-refractivity contribution in [3.63, 3.8) is 0 Å². The standard InChI is InChI=1S/C18H19F3N2O2/c19-18(20,21)25-17-7-2-1-5-14(17)16(11-24)23-13-9-12(10-13)15-6-3-4-8-22-15/h1-8,12-13,16,23-24H,9-11H2. The van der Waals surface area contributed by atoms with Gasteiger partial charge in [0.05, 0.1) is 12.6 Å². The maximum atomic E-state index is 12.6. The van der Waals surface area contributed by atoms with Crippen molar-refractivity contribution in [1.29, 1.82) is 0 Å². The molecule has 0 spiro atoms. The minimum atomic E-state index is -4.77. The first-order valence-corrected chi connectivity index (χ1v) is 8.09. The molecule has 7 heteroatoms. The van der Waals surface area contributed by atoms with Crippen molar-refractivity contribution in [2.45, 2.75) is 37.2 Å². The van der Waals surface area contributed by atoms with Gasteiger partial charge < -0.3 is 15.2 Å². The Morgan fingerprint density at radius 3 is 2.52 bits per heavy atom. The zero-order valence-corrected chi connectivity index (χ0v) is 13.4. The third kappa shape index (κ3) is 4.49. The van der Waals surface area contributed by atoms with Crippen LogP contribution in [-0.2, 0) is 0 Å². The summed E-state index contributed by atoms with van der Waals surface area (Å²) in [6.45, 7) is -0.316. The largest absolute Gasteiger partial charge is 0.573 e. The molecule has 2 aromatic rings. The summed E-state index contributed by atoms with van der Waals surface area (Å²) < 4.78 is 41.7. The van der Waals surface area contributed by atoms with Crippen molar-refractivity contribution in [1.82, 2.24) is 10.3 Å². The second kappa shape index (κ2) is 7.41. The highest BCUT2D eigenvalue weighted by Crippen LogP contribution is 2.38. The summed E-state index contributed by atoms with van der Waals surface area (Å²) >= 11 is 0. The van der Waals surface area contributed by atoms with E-state index in [0.717, 1.165) is 18.5 Å². The second-order valence-electron chi connectivity index (χ2n) is 6.11. The highest BCUT2D eigenvalue weighted by molar-refractivity contribution is 5.36. The number of aliphatic hydroxyl groups excluding tert-OH is 1. The predicted molar refractivity (Wildman–Crippen MR) is 86.1 cm³/mol. The molecule has 1 heterocycles. The van der Waals surface area contributed by atoms with Gasteiger partial charge in [-0.25, -0.2) is 0 Å². The molecular weight excluding hydrogens is 333 g/mol. The Balaban J connectivity index is 1.64. The van der Waals surface area contributed by atoms with Crippen molar-refractivity contribution in [3.05, 3.63) is 59.9 Å². The topological polar surface area (TPSA) is 54.4 Å². The summed E-state index contributed by atoms with van der Waals surface area (Å²) in [5.41, 5.74) is 1.31. The SMILES string of the molecule is OCC(NC1CC(c2ccccn2)C1)c1ccccc1OC(F)(F)F. The number of pyridine rings is 1. The van der Waals surface area contributed by atoms with Crippen LogP contribution in [0.2, 0.25) is 0 Å². The van der Waals surface area contributed by atoms with Gasteiger partial charge in [0.15, 0.2) is 0 Å². The molecule has 0 amide bonds. The number of hydrogen-bond acceptors (Lipinski definition) is 4. The first kappa shape index (κ1) is 17.7. The van der Waals surface area contributed by atoms with E-state index in [2.05, 4.69) is 15.0 Å². The first-order valence-electron chi connectivity index (χ1n) is 8.09. The van der Waals surface area contributed by atoms with E-state index in [0.29, 0.717) is 11.5 Å². The van der Waals surface area contributed by atoms with E-state index >= 15 is 0 Å². The lowest BCUT2D eigenvalue weighted by Gasteiger charge is -2.38. The van der Waals surface area contributed by atoms with E-state index in [1.165, 1.54) is 18.2 Å². The average molecular weight is 352 g/mol. The highest BCUT2D eigenvalue weighted by Gasteiger charge is 2.35. The van der Waals surface area contributed by atoms with Crippen LogP contribution in [0.15, 0.2) is 48.7 Å². The number of nitrogens with one attached hydrogen (secondary N) is 1. The normalized spacial score (nSPS) is 21.4. The van der Waals surface area contributed by atoms with Gasteiger partial charge >= 0.3 is 6.36 Å². The molecule has 0 radical (unpaired) electrons. The molecule has 0 bridgehead atoms.